The summed E-state index contributed by atoms with van der Waals surface area (Å²) in [4.78, 5) is 10.8. The number of hydrogen-bond acceptors (Lipinski definition) is 3. The summed E-state index contributed by atoms with van der Waals surface area (Å²) in [7, 11) is 0. The first-order chi connectivity index (χ1) is 8.09. The number of carboxylic acid groups (broad SMARTS) is 1. The molecule has 5 N–H and O–H groups in total. The van der Waals surface area contributed by atoms with Crippen LogP contribution in [0, 0.1) is 0 Å². The Labute approximate surface area is 98.0 Å². The highest BCUT2D eigenvalue weighted by Gasteiger charge is 2.04. The molecule has 6 nitrogen and oxygen atoms in total. The maximum absolute atomic E-state index is 10.8. The summed E-state index contributed by atoms with van der Waals surface area (Å²) in [5, 5.41) is 15.5. The van der Waals surface area contributed by atoms with Crippen LogP contribution in [0.3, 0.4) is 0 Å². The first kappa shape index (κ1) is 12.4. The molecule has 0 saturated heterocycles. The van der Waals surface area contributed by atoms with Crippen molar-refractivity contribution >= 4 is 23.7 Å². The molecule has 1 rings (SSSR count). The summed E-state index contributed by atoms with van der Waals surface area (Å²) in [5.41, 5.74) is 10.7. The van der Waals surface area contributed by atoms with Crippen LogP contribution < -0.4 is 11.5 Å². The van der Waals surface area contributed by atoms with Gasteiger partial charge < -0.3 is 16.6 Å². The molecule has 0 fully saturated rings. The average Bonchev–Trinajstić information content (AvgIpc) is 2.29. The van der Waals surface area contributed by atoms with Gasteiger partial charge in [0.2, 0.25) is 5.96 Å². The minimum Gasteiger partial charge on any atom is -0.476 e. The number of benzene rings is 1. The van der Waals surface area contributed by atoms with Crippen molar-refractivity contribution in [1.29, 1.82) is 0 Å². The van der Waals surface area contributed by atoms with Crippen molar-refractivity contribution in [2.24, 2.45) is 21.7 Å². The van der Waals surface area contributed by atoms with Crippen molar-refractivity contribution in [1.82, 2.24) is 0 Å². The molecule has 0 bridgehead atoms. The largest absolute Gasteiger partial charge is 0.476 e. The molecule has 88 valence electrons. The third kappa shape index (κ3) is 4.61. The molecule has 0 atom stereocenters. The van der Waals surface area contributed by atoms with Gasteiger partial charge >= 0.3 is 5.97 Å². The van der Waals surface area contributed by atoms with Gasteiger partial charge in [-0.1, -0.05) is 36.4 Å². The molecule has 1 aromatic rings. The number of aliphatic carboxylic acids is 1. The average molecular weight is 232 g/mol. The van der Waals surface area contributed by atoms with E-state index in [2.05, 4.69) is 10.2 Å². The maximum Gasteiger partial charge on any atom is 0.356 e. The van der Waals surface area contributed by atoms with Gasteiger partial charge in [0, 0.05) is 0 Å². The molecule has 6 heteroatoms. The Bertz CT molecular complexity index is 474. The lowest BCUT2D eigenvalue weighted by molar-refractivity contribution is -0.129. The Morgan fingerprint density at radius 2 is 1.82 bits per heavy atom. The van der Waals surface area contributed by atoms with Crippen LogP contribution >= 0.6 is 0 Å². The Hall–Kier alpha value is -2.63. The molecule has 17 heavy (non-hydrogen) atoms. The van der Waals surface area contributed by atoms with Crippen LogP contribution in [-0.4, -0.2) is 22.7 Å². The summed E-state index contributed by atoms with van der Waals surface area (Å²) >= 11 is 0. The van der Waals surface area contributed by atoms with Crippen molar-refractivity contribution in [2.45, 2.75) is 0 Å². The van der Waals surface area contributed by atoms with Gasteiger partial charge in [-0.15, -0.1) is 10.2 Å². The molecular formula is C11H12N4O2. The van der Waals surface area contributed by atoms with Crippen LogP contribution in [0.2, 0.25) is 0 Å². The normalized spacial score (nSPS) is 11.4. The van der Waals surface area contributed by atoms with Crippen molar-refractivity contribution < 1.29 is 9.90 Å². The van der Waals surface area contributed by atoms with Gasteiger partial charge in [0.05, 0.1) is 0 Å². The van der Waals surface area contributed by atoms with E-state index < -0.39 is 5.97 Å². The number of nitrogens with two attached hydrogens (primary N) is 2. The van der Waals surface area contributed by atoms with Crippen LogP contribution in [0.25, 0.3) is 6.08 Å². The molecule has 0 aromatic heterocycles. The highest BCUT2D eigenvalue weighted by molar-refractivity contribution is 6.41. The third-order valence-electron chi connectivity index (χ3n) is 1.73. The van der Waals surface area contributed by atoms with Crippen molar-refractivity contribution in [3.63, 3.8) is 0 Å². The van der Waals surface area contributed by atoms with E-state index in [9.17, 15) is 4.79 Å². The molecular weight excluding hydrogens is 220 g/mol. The lowest BCUT2D eigenvalue weighted by Crippen LogP contribution is -2.22. The van der Waals surface area contributed by atoms with E-state index >= 15 is 0 Å². The molecule has 0 spiro atoms. The lowest BCUT2D eigenvalue weighted by Gasteiger charge is -1.93. The SMILES string of the molecule is NC(N)=N/N=C(\C=C\c1ccccc1)C(=O)O. The fourth-order valence-electron chi connectivity index (χ4n) is 0.998. The second-order valence-corrected chi connectivity index (χ2v) is 3.06. The van der Waals surface area contributed by atoms with E-state index in [-0.39, 0.29) is 11.7 Å². The van der Waals surface area contributed by atoms with Crippen LogP contribution in [-0.2, 0) is 4.79 Å². The number of hydrogen-bond donors (Lipinski definition) is 3. The fraction of sp³-hybridized carbons (Fsp3) is 0. The lowest BCUT2D eigenvalue weighted by atomic mass is 10.2. The number of carboxylic acids is 1. The molecule has 0 aliphatic heterocycles. The zero-order valence-electron chi connectivity index (χ0n) is 8.95. The van der Waals surface area contributed by atoms with Crippen molar-refractivity contribution in [3.8, 4) is 0 Å². The van der Waals surface area contributed by atoms with E-state index in [1.807, 2.05) is 30.3 Å². The Morgan fingerprint density at radius 3 is 2.35 bits per heavy atom. The highest BCUT2D eigenvalue weighted by Crippen LogP contribution is 2.01. The Kier molecular flexibility index (Phi) is 4.44. The summed E-state index contributed by atoms with van der Waals surface area (Å²) in [5.74, 6) is -1.50. The summed E-state index contributed by atoms with van der Waals surface area (Å²) < 4.78 is 0. The van der Waals surface area contributed by atoms with E-state index in [1.54, 1.807) is 6.08 Å². The molecule has 0 aliphatic carbocycles. The molecule has 0 saturated carbocycles. The second-order valence-electron chi connectivity index (χ2n) is 3.06. The molecule has 0 heterocycles. The zero-order chi connectivity index (χ0) is 12.7. The topological polar surface area (TPSA) is 114 Å². The molecule has 0 aliphatic rings. The van der Waals surface area contributed by atoms with E-state index in [0.717, 1.165) is 5.56 Å². The predicted molar refractivity (Wildman–Crippen MR) is 66.4 cm³/mol. The third-order valence-corrected chi connectivity index (χ3v) is 1.73. The minimum absolute atomic E-state index is 0.248. The Morgan fingerprint density at radius 1 is 1.18 bits per heavy atom. The Balaban J connectivity index is 2.89. The standard InChI is InChI=1S/C11H12N4O2/c12-11(13)15-14-9(10(16)17)7-6-8-4-2-1-3-5-8/h1-7H,(H,16,17)(H4,12,13,15)/b7-6+,14-9+. The summed E-state index contributed by atoms with van der Waals surface area (Å²) in [6, 6.07) is 9.20. The first-order valence-corrected chi connectivity index (χ1v) is 4.72. The zero-order valence-corrected chi connectivity index (χ0v) is 8.95. The van der Waals surface area contributed by atoms with Crippen LogP contribution in [0.4, 0.5) is 0 Å². The van der Waals surface area contributed by atoms with E-state index in [0.29, 0.717) is 0 Å². The number of rotatable bonds is 4. The maximum atomic E-state index is 10.8. The van der Waals surface area contributed by atoms with Crippen LogP contribution in [0.15, 0.2) is 46.6 Å². The van der Waals surface area contributed by atoms with Crippen molar-refractivity contribution in [3.05, 3.63) is 42.0 Å². The van der Waals surface area contributed by atoms with Gasteiger partial charge in [-0.3, -0.25) is 0 Å². The summed E-state index contributed by atoms with van der Waals surface area (Å²) in [6.45, 7) is 0. The number of nitrogens with zero attached hydrogens (tertiary/aromatic N) is 2. The number of guanidine groups is 1. The van der Waals surface area contributed by atoms with E-state index in [4.69, 9.17) is 16.6 Å². The molecule has 0 radical (unpaired) electrons. The highest BCUT2D eigenvalue weighted by atomic mass is 16.4. The monoisotopic (exact) mass is 232 g/mol. The first-order valence-electron chi connectivity index (χ1n) is 4.72. The van der Waals surface area contributed by atoms with Gasteiger partial charge in [-0.25, -0.2) is 4.79 Å². The smallest absolute Gasteiger partial charge is 0.356 e. The molecule has 0 amide bonds. The molecule has 1 aromatic carbocycles. The quantitative estimate of drug-likeness (QED) is 0.396. The van der Waals surface area contributed by atoms with Gasteiger partial charge in [-0.05, 0) is 11.6 Å². The van der Waals surface area contributed by atoms with Crippen LogP contribution in [0.5, 0.6) is 0 Å². The van der Waals surface area contributed by atoms with E-state index in [1.165, 1.54) is 6.08 Å². The molecule has 0 unspecified atom stereocenters. The van der Waals surface area contributed by atoms with Gasteiger partial charge in [0.15, 0.2) is 5.71 Å². The fourth-order valence-corrected chi connectivity index (χ4v) is 0.998. The predicted octanol–water partition coefficient (Wildman–Crippen LogP) is 0.414. The number of carbonyl (C=O) groups is 1. The second kappa shape index (κ2) is 6.06. The minimum atomic E-state index is -1.21. The van der Waals surface area contributed by atoms with Crippen LogP contribution in [0.1, 0.15) is 5.56 Å². The van der Waals surface area contributed by atoms with Gasteiger partial charge in [0.1, 0.15) is 0 Å². The van der Waals surface area contributed by atoms with Crippen molar-refractivity contribution in [2.75, 3.05) is 0 Å². The van der Waals surface area contributed by atoms with Gasteiger partial charge in [0.25, 0.3) is 0 Å². The van der Waals surface area contributed by atoms with Gasteiger partial charge in [-0.2, -0.15) is 0 Å². The summed E-state index contributed by atoms with van der Waals surface area (Å²) in [6.07, 6.45) is 2.93.